The Kier molecular flexibility index (Phi) is 6.00. The van der Waals surface area contributed by atoms with E-state index < -0.39 is 0 Å². The van der Waals surface area contributed by atoms with Crippen LogP contribution in [0.25, 0.3) is 0 Å². The van der Waals surface area contributed by atoms with E-state index in [9.17, 15) is 9.59 Å². The van der Waals surface area contributed by atoms with E-state index in [-0.39, 0.29) is 24.5 Å². The minimum absolute atomic E-state index is 0.319. The van der Waals surface area contributed by atoms with Crippen LogP contribution in [0.5, 0.6) is 0 Å². The maximum absolute atomic E-state index is 12.8. The molecular weight excluding hydrogens is 392 g/mol. The first kappa shape index (κ1) is 19.7. The number of nitrogens with zero attached hydrogens (tertiary/aromatic N) is 2. The molecule has 0 bridgehead atoms. The van der Waals surface area contributed by atoms with Gasteiger partial charge in [0.25, 0.3) is 5.91 Å². The molecule has 1 aromatic heterocycles. The minimum atomic E-state index is -0.366. The van der Waals surface area contributed by atoms with Crippen molar-refractivity contribution >= 4 is 29.2 Å². The molecule has 1 unspecified atom stereocenters. The van der Waals surface area contributed by atoms with Gasteiger partial charge in [-0.25, -0.2) is 5.01 Å². The van der Waals surface area contributed by atoms with Gasteiger partial charge in [-0.3, -0.25) is 9.59 Å². The van der Waals surface area contributed by atoms with Gasteiger partial charge in [-0.1, -0.05) is 36.6 Å². The smallest absolute Gasteiger partial charge is 0.306 e. The molecule has 29 heavy (non-hydrogen) atoms. The Morgan fingerprint density at radius 2 is 1.93 bits per heavy atom. The van der Waals surface area contributed by atoms with Gasteiger partial charge in [0.1, 0.15) is 11.8 Å². The van der Waals surface area contributed by atoms with Gasteiger partial charge in [0, 0.05) is 17.9 Å². The van der Waals surface area contributed by atoms with Crippen LogP contribution in [0.4, 0.5) is 0 Å². The monoisotopic (exact) mass is 414 g/mol. The molecule has 152 valence electrons. The van der Waals surface area contributed by atoms with Gasteiger partial charge in [-0.2, -0.15) is 5.10 Å². The summed E-state index contributed by atoms with van der Waals surface area (Å²) in [5.74, 6) is 0.342. The highest BCUT2D eigenvalue weighted by Gasteiger charge is 2.35. The van der Waals surface area contributed by atoms with Crippen molar-refractivity contribution in [3.05, 3.63) is 59.0 Å². The van der Waals surface area contributed by atoms with Gasteiger partial charge in [0.05, 0.1) is 12.0 Å². The average Bonchev–Trinajstić information content (AvgIpc) is 3.47. The van der Waals surface area contributed by atoms with Crippen molar-refractivity contribution in [2.75, 3.05) is 6.61 Å². The number of rotatable bonds is 6. The van der Waals surface area contributed by atoms with Gasteiger partial charge in [0.2, 0.25) is 0 Å². The Morgan fingerprint density at radius 1 is 1.17 bits per heavy atom. The zero-order chi connectivity index (χ0) is 20.2. The molecule has 1 aromatic carbocycles. The number of furan rings is 1. The lowest BCUT2D eigenvalue weighted by molar-refractivity contribution is -0.153. The first-order valence-corrected chi connectivity index (χ1v) is 10.3. The van der Waals surface area contributed by atoms with Crippen LogP contribution in [0, 0.1) is 5.92 Å². The number of ether oxygens (including phenoxy) is 1. The van der Waals surface area contributed by atoms with Crippen LogP contribution >= 0.6 is 11.6 Å². The fourth-order valence-electron chi connectivity index (χ4n) is 3.98. The van der Waals surface area contributed by atoms with E-state index in [2.05, 4.69) is 5.10 Å². The van der Waals surface area contributed by atoms with Crippen LogP contribution in [0.15, 0.2) is 52.2 Å². The maximum Gasteiger partial charge on any atom is 0.306 e. The number of amides is 1. The highest BCUT2D eigenvalue weighted by Crippen LogP contribution is 2.33. The van der Waals surface area contributed by atoms with Gasteiger partial charge in [-0.15, -0.1) is 0 Å². The lowest BCUT2D eigenvalue weighted by Gasteiger charge is -2.19. The summed E-state index contributed by atoms with van der Waals surface area (Å²) >= 11 is 5.97. The zero-order valence-corrected chi connectivity index (χ0v) is 16.8. The lowest BCUT2D eigenvalue weighted by Crippen LogP contribution is -2.31. The molecule has 0 radical (unpaired) electrons. The number of benzene rings is 1. The van der Waals surface area contributed by atoms with Gasteiger partial charge in [-0.05, 0) is 48.6 Å². The predicted octanol–water partition coefficient (Wildman–Crippen LogP) is 4.73. The molecule has 1 saturated carbocycles. The minimum Gasteiger partial charge on any atom is -0.467 e. The maximum atomic E-state index is 12.8. The molecular formula is C22H23ClN2O4. The van der Waals surface area contributed by atoms with Gasteiger partial charge in [0.15, 0.2) is 6.61 Å². The lowest BCUT2D eigenvalue weighted by atomic mass is 10.0. The van der Waals surface area contributed by atoms with Crippen molar-refractivity contribution in [3.8, 4) is 0 Å². The normalized spacial score (nSPS) is 19.4. The van der Waals surface area contributed by atoms with Gasteiger partial charge < -0.3 is 9.15 Å². The molecule has 4 rings (SSSR count). The summed E-state index contributed by atoms with van der Waals surface area (Å²) in [6, 6.07) is 10.5. The van der Waals surface area contributed by atoms with E-state index in [0.717, 1.165) is 37.0 Å². The molecule has 0 N–H and O–H groups in total. The standard InChI is InChI=1S/C22H23ClN2O4/c23-17-9-7-16(8-10-17)18-13-19(20-6-3-11-28-20)25(24-18)21(26)14-29-22(27)12-15-4-1-2-5-15/h3,6-11,15,19H,1-2,4-5,12-14H2. The van der Waals surface area contributed by atoms with E-state index in [0.29, 0.717) is 29.5 Å². The Labute approximate surface area is 174 Å². The second-order valence-corrected chi connectivity index (χ2v) is 7.98. The zero-order valence-electron chi connectivity index (χ0n) is 16.1. The Balaban J connectivity index is 1.44. The number of esters is 1. The van der Waals surface area contributed by atoms with E-state index >= 15 is 0 Å². The number of hydrogen-bond donors (Lipinski definition) is 0. The number of hydrogen-bond acceptors (Lipinski definition) is 5. The molecule has 2 aromatic rings. The van der Waals surface area contributed by atoms with Crippen LogP contribution in [-0.4, -0.2) is 29.2 Å². The fraction of sp³-hybridized carbons (Fsp3) is 0.409. The van der Waals surface area contributed by atoms with E-state index in [1.807, 2.05) is 18.2 Å². The summed E-state index contributed by atoms with van der Waals surface area (Å²) in [5, 5.41) is 6.52. The van der Waals surface area contributed by atoms with E-state index in [1.165, 1.54) is 5.01 Å². The molecule has 1 atom stereocenters. The average molecular weight is 415 g/mol. The summed E-state index contributed by atoms with van der Waals surface area (Å²) in [7, 11) is 0. The van der Waals surface area contributed by atoms with Crippen LogP contribution in [0.2, 0.25) is 5.02 Å². The van der Waals surface area contributed by atoms with E-state index in [4.69, 9.17) is 20.8 Å². The third-order valence-electron chi connectivity index (χ3n) is 5.50. The van der Waals surface area contributed by atoms with Gasteiger partial charge >= 0.3 is 5.97 Å². The molecule has 1 amide bonds. The third-order valence-corrected chi connectivity index (χ3v) is 5.75. The first-order chi connectivity index (χ1) is 14.1. The molecule has 7 heteroatoms. The van der Waals surface area contributed by atoms with Crippen LogP contribution in [0.1, 0.15) is 55.9 Å². The predicted molar refractivity (Wildman–Crippen MR) is 108 cm³/mol. The fourth-order valence-corrected chi connectivity index (χ4v) is 4.10. The summed E-state index contributed by atoms with van der Waals surface area (Å²) in [6.45, 7) is -0.319. The largest absolute Gasteiger partial charge is 0.467 e. The summed E-state index contributed by atoms with van der Waals surface area (Å²) < 4.78 is 10.8. The SMILES string of the molecule is O=C(CC1CCCC1)OCC(=O)N1N=C(c2ccc(Cl)cc2)CC1c1ccco1. The Morgan fingerprint density at radius 3 is 2.62 bits per heavy atom. The topological polar surface area (TPSA) is 72.1 Å². The molecule has 2 aliphatic rings. The van der Waals surface area contributed by atoms with Crippen LogP contribution in [-0.2, 0) is 14.3 Å². The molecule has 1 aliphatic heterocycles. The number of halogens is 1. The number of hydrazone groups is 1. The Hall–Kier alpha value is -2.60. The van der Waals surface area contributed by atoms with Crippen molar-refractivity contribution in [1.29, 1.82) is 0 Å². The second-order valence-electron chi connectivity index (χ2n) is 7.54. The molecule has 0 saturated heterocycles. The summed E-state index contributed by atoms with van der Waals surface area (Å²) in [4.78, 5) is 24.9. The first-order valence-electron chi connectivity index (χ1n) is 9.94. The van der Waals surface area contributed by atoms with Crippen molar-refractivity contribution in [2.24, 2.45) is 11.0 Å². The summed E-state index contributed by atoms with van der Waals surface area (Å²) in [6.07, 6.45) is 6.91. The van der Waals surface area contributed by atoms with Crippen LogP contribution < -0.4 is 0 Å². The highest BCUT2D eigenvalue weighted by atomic mass is 35.5. The van der Waals surface area contributed by atoms with Crippen molar-refractivity contribution in [1.82, 2.24) is 5.01 Å². The molecule has 6 nitrogen and oxygen atoms in total. The molecule has 0 spiro atoms. The quantitative estimate of drug-likeness (QED) is 0.640. The molecule has 1 fully saturated rings. The van der Waals surface area contributed by atoms with E-state index in [1.54, 1.807) is 24.5 Å². The van der Waals surface area contributed by atoms with Crippen molar-refractivity contribution in [2.45, 2.75) is 44.6 Å². The van der Waals surface area contributed by atoms with Crippen molar-refractivity contribution in [3.63, 3.8) is 0 Å². The molecule has 2 heterocycles. The third kappa shape index (κ3) is 4.70. The van der Waals surface area contributed by atoms with Crippen LogP contribution in [0.3, 0.4) is 0 Å². The van der Waals surface area contributed by atoms with Crippen molar-refractivity contribution < 1.29 is 18.7 Å². The number of carbonyl (C=O) groups is 2. The molecule has 1 aliphatic carbocycles. The Bertz CT molecular complexity index is 886. The highest BCUT2D eigenvalue weighted by molar-refractivity contribution is 6.30. The summed E-state index contributed by atoms with van der Waals surface area (Å²) in [5.41, 5.74) is 1.65. The second kappa shape index (κ2) is 8.82. The number of carbonyl (C=O) groups excluding carboxylic acids is 2.